The zero-order chi connectivity index (χ0) is 2.71. The molecule has 0 atom stereocenters. The Labute approximate surface area is 36.5 Å². The van der Waals surface area contributed by atoms with Gasteiger partial charge in [-0.05, 0) is 0 Å². The molecule has 0 heterocycles. The van der Waals surface area contributed by atoms with Crippen molar-refractivity contribution in [3.05, 3.63) is 6.92 Å². The quantitative estimate of drug-likeness (QED) is 0.330. The second-order valence-corrected chi connectivity index (χ2v) is 0.224. The summed E-state index contributed by atoms with van der Waals surface area (Å²) in [6.07, 6.45) is 0. The Balaban J connectivity index is 0. The van der Waals surface area contributed by atoms with Gasteiger partial charge in [0.25, 0.3) is 0 Å². The van der Waals surface area contributed by atoms with Crippen molar-refractivity contribution in [3.63, 3.8) is 0 Å². The minimum absolute atomic E-state index is 0. The van der Waals surface area contributed by atoms with Crippen molar-refractivity contribution in [1.82, 2.24) is 0 Å². The second kappa shape index (κ2) is 9.77. The molecule has 0 aromatic rings. The molecule has 1 N–H and O–H groups in total. The minimum atomic E-state index is 0. The zero-order valence-corrected chi connectivity index (χ0v) is 3.42. The molecule has 0 saturated carbocycles. The Kier molecular flexibility index (Phi) is 21.6. The molecule has 0 fully saturated rings. The first-order valence-electron chi connectivity index (χ1n) is 0.816. The molecule has 0 saturated heterocycles. The van der Waals surface area contributed by atoms with Crippen molar-refractivity contribution in [2.75, 3.05) is 6.61 Å². The predicted octanol–water partition coefficient (Wildman–Crippen LogP) is -0.190. The van der Waals surface area contributed by atoms with Crippen molar-refractivity contribution < 1.29 is 22.2 Å². The topological polar surface area (TPSA) is 20.2 Å². The molecule has 0 aliphatic carbocycles. The molecule has 2 heteroatoms. The number of rotatable bonds is 0. The maximum absolute atomic E-state index is 7.46. The van der Waals surface area contributed by atoms with Gasteiger partial charge in [-0.1, -0.05) is 6.61 Å². The van der Waals surface area contributed by atoms with Crippen molar-refractivity contribution >= 4 is 0 Å². The van der Waals surface area contributed by atoms with Crippen LogP contribution < -0.4 is 0 Å². The Bertz CT molecular complexity index is 6.00. The molecule has 0 unspecified atom stereocenters. The third-order valence-electron chi connectivity index (χ3n) is 0. The largest absolute Gasteiger partial charge is 0.428 e. The van der Waals surface area contributed by atoms with E-state index in [0.29, 0.717) is 0 Å². The van der Waals surface area contributed by atoms with Crippen molar-refractivity contribution in [2.45, 2.75) is 0 Å². The molecule has 4 heavy (non-hydrogen) atoms. The molecule has 0 spiro atoms. The maximum Gasteiger partial charge on any atom is 0 e. The molecule has 0 bridgehead atoms. The zero-order valence-electron chi connectivity index (χ0n) is 2.24. The van der Waals surface area contributed by atoms with Gasteiger partial charge in [-0.2, -0.15) is 0 Å². The van der Waals surface area contributed by atoms with Crippen LogP contribution in [0.4, 0.5) is 0 Å². The fourth-order valence-electron chi connectivity index (χ4n) is 0. The molecular formula is C2H5MnO-. The van der Waals surface area contributed by atoms with Crippen LogP contribution in [0.3, 0.4) is 0 Å². The second-order valence-electron chi connectivity index (χ2n) is 0.224. The smallest absolute Gasteiger partial charge is 0 e. The number of hydrogen-bond donors (Lipinski definition) is 1. The van der Waals surface area contributed by atoms with E-state index in [-0.39, 0.29) is 23.7 Å². The Morgan fingerprint density at radius 1 is 1.75 bits per heavy atom. The van der Waals surface area contributed by atoms with Gasteiger partial charge in [-0.25, -0.2) is 0 Å². The van der Waals surface area contributed by atoms with E-state index >= 15 is 0 Å². The Morgan fingerprint density at radius 2 is 1.75 bits per heavy atom. The molecule has 27 valence electrons. The number of aliphatic hydroxyl groups excluding tert-OH is 1. The van der Waals surface area contributed by atoms with Crippen LogP contribution in [0.5, 0.6) is 0 Å². The molecule has 0 aromatic carbocycles. The normalized spacial score (nSPS) is 4.50. The third-order valence-corrected chi connectivity index (χ3v) is 0. The monoisotopic (exact) mass is 100.0 g/mol. The summed E-state index contributed by atoms with van der Waals surface area (Å²) in [4.78, 5) is 0. The SMILES string of the molecule is [CH2-]CO.[Mn]. The van der Waals surface area contributed by atoms with E-state index in [2.05, 4.69) is 6.92 Å². The van der Waals surface area contributed by atoms with Gasteiger partial charge in [0.2, 0.25) is 0 Å². The van der Waals surface area contributed by atoms with E-state index in [4.69, 9.17) is 5.11 Å². The summed E-state index contributed by atoms with van der Waals surface area (Å²) in [6, 6.07) is 0. The first kappa shape index (κ1) is 8.82. The number of hydrogen-bond acceptors (Lipinski definition) is 1. The first-order chi connectivity index (χ1) is 1.41. The minimum Gasteiger partial charge on any atom is -0.428 e. The van der Waals surface area contributed by atoms with E-state index < -0.39 is 0 Å². The van der Waals surface area contributed by atoms with Gasteiger partial charge in [-0.15, -0.1) is 0 Å². The summed E-state index contributed by atoms with van der Waals surface area (Å²) >= 11 is 0. The van der Waals surface area contributed by atoms with Gasteiger partial charge >= 0.3 is 0 Å². The van der Waals surface area contributed by atoms with Crippen LogP contribution in [0, 0.1) is 6.92 Å². The van der Waals surface area contributed by atoms with E-state index in [1.807, 2.05) is 0 Å². The van der Waals surface area contributed by atoms with Crippen LogP contribution in [-0.4, -0.2) is 11.7 Å². The molecule has 0 rings (SSSR count). The summed E-state index contributed by atoms with van der Waals surface area (Å²) in [5.74, 6) is 0. The van der Waals surface area contributed by atoms with Gasteiger partial charge < -0.3 is 12.0 Å². The van der Waals surface area contributed by atoms with Gasteiger partial charge in [-0.3, -0.25) is 0 Å². The Morgan fingerprint density at radius 3 is 1.75 bits per heavy atom. The molecular weight excluding hydrogens is 95.0 g/mol. The predicted molar refractivity (Wildman–Crippen MR) is 12.4 cm³/mol. The summed E-state index contributed by atoms with van der Waals surface area (Å²) in [5.41, 5.74) is 0. The summed E-state index contributed by atoms with van der Waals surface area (Å²) in [6.45, 7) is 3.04. The van der Waals surface area contributed by atoms with Crippen LogP contribution in [-0.2, 0) is 17.1 Å². The van der Waals surface area contributed by atoms with Crippen LogP contribution in [0.1, 0.15) is 0 Å². The molecule has 1 nitrogen and oxygen atoms in total. The average molecular weight is 100.0 g/mol. The molecule has 0 aliphatic heterocycles. The first-order valence-corrected chi connectivity index (χ1v) is 0.816. The van der Waals surface area contributed by atoms with E-state index in [0.717, 1.165) is 0 Å². The van der Waals surface area contributed by atoms with Gasteiger partial charge in [0.15, 0.2) is 0 Å². The Hall–Kier alpha value is 0.479. The molecule has 0 aliphatic rings. The molecule has 0 amide bonds. The molecule has 0 aromatic heterocycles. The standard InChI is InChI=1S/C2H5O.Mn/c1-2-3;/h3H,1-2H2;/q-1;. The fraction of sp³-hybridized carbons (Fsp3) is 0.500. The summed E-state index contributed by atoms with van der Waals surface area (Å²) in [5, 5.41) is 7.46. The van der Waals surface area contributed by atoms with Crippen molar-refractivity contribution in [3.8, 4) is 0 Å². The summed E-state index contributed by atoms with van der Waals surface area (Å²) < 4.78 is 0. The fourth-order valence-corrected chi connectivity index (χ4v) is 0. The summed E-state index contributed by atoms with van der Waals surface area (Å²) in [7, 11) is 0. The van der Waals surface area contributed by atoms with Crippen molar-refractivity contribution in [2.24, 2.45) is 0 Å². The molecule has 1 radical (unpaired) electrons. The van der Waals surface area contributed by atoms with Crippen molar-refractivity contribution in [1.29, 1.82) is 0 Å². The van der Waals surface area contributed by atoms with Gasteiger partial charge in [0.05, 0.1) is 0 Å². The number of aliphatic hydroxyl groups is 1. The van der Waals surface area contributed by atoms with Crippen LogP contribution >= 0.6 is 0 Å². The average Bonchev–Trinajstić information content (AvgIpc) is 0.918. The van der Waals surface area contributed by atoms with E-state index in [9.17, 15) is 0 Å². The van der Waals surface area contributed by atoms with Crippen LogP contribution in [0.15, 0.2) is 0 Å². The van der Waals surface area contributed by atoms with Gasteiger partial charge in [0, 0.05) is 17.1 Å². The maximum atomic E-state index is 7.46. The van der Waals surface area contributed by atoms with Gasteiger partial charge in [0.1, 0.15) is 0 Å². The van der Waals surface area contributed by atoms with E-state index in [1.54, 1.807) is 0 Å². The van der Waals surface area contributed by atoms with Crippen LogP contribution in [0.2, 0.25) is 0 Å². The third kappa shape index (κ3) is 23.6. The van der Waals surface area contributed by atoms with E-state index in [1.165, 1.54) is 0 Å². The van der Waals surface area contributed by atoms with Crippen LogP contribution in [0.25, 0.3) is 0 Å².